The van der Waals surface area contributed by atoms with E-state index >= 15 is 0 Å². The summed E-state index contributed by atoms with van der Waals surface area (Å²) in [6.45, 7) is 1.92. The third-order valence-electron chi connectivity index (χ3n) is 1.30. The van der Waals surface area contributed by atoms with Crippen molar-refractivity contribution in [3.8, 4) is 0 Å². The quantitative estimate of drug-likeness (QED) is 0.653. The third kappa shape index (κ3) is 3.49. The fourth-order valence-corrected chi connectivity index (χ4v) is 0.696. The molecule has 0 amide bonds. The van der Waals surface area contributed by atoms with Crippen LogP contribution in [0.25, 0.3) is 0 Å². The van der Waals surface area contributed by atoms with Crippen molar-refractivity contribution >= 4 is 57.4 Å². The molecule has 0 fully saturated rings. The molecule has 0 saturated carbocycles. The van der Waals surface area contributed by atoms with Crippen LogP contribution >= 0.6 is 0 Å². The molecule has 1 rings (SSSR count). The van der Waals surface area contributed by atoms with E-state index in [0.717, 1.165) is 5.56 Å². The summed E-state index contributed by atoms with van der Waals surface area (Å²) in [7, 11) is 0. The van der Waals surface area contributed by atoms with Crippen LogP contribution in [0.2, 0.25) is 0 Å². The number of carboxylic acid groups (broad SMARTS) is 1. The predicted octanol–water partition coefficient (Wildman–Crippen LogP) is 1.31. The molecule has 2 nitrogen and oxygen atoms in total. The molecule has 3 heteroatoms. The van der Waals surface area contributed by atoms with Crippen LogP contribution in [0.5, 0.6) is 0 Å². The Morgan fingerprint density at radius 2 is 1.73 bits per heavy atom. The first-order valence-corrected chi connectivity index (χ1v) is 3.00. The number of carboxylic acids is 1. The van der Waals surface area contributed by atoms with E-state index < -0.39 is 5.97 Å². The van der Waals surface area contributed by atoms with Crippen LogP contribution in [0.1, 0.15) is 15.9 Å². The molecule has 1 N–H and O–H groups in total. The van der Waals surface area contributed by atoms with Gasteiger partial charge in [0.2, 0.25) is 0 Å². The van der Waals surface area contributed by atoms with Crippen molar-refractivity contribution in [2.24, 2.45) is 0 Å². The van der Waals surface area contributed by atoms with Gasteiger partial charge in [0.15, 0.2) is 0 Å². The number of carbonyl (C=O) groups is 1. The van der Waals surface area contributed by atoms with E-state index in [2.05, 4.69) is 0 Å². The first kappa shape index (κ1) is 11.3. The molecule has 0 aliphatic heterocycles. The Morgan fingerprint density at radius 1 is 1.27 bits per heavy atom. The Kier molecular flexibility index (Phi) is 5.21. The van der Waals surface area contributed by atoms with Crippen LogP contribution in [0.3, 0.4) is 0 Å². The Balaban J connectivity index is 0.000001000. The normalized spacial score (nSPS) is 8.45. The molecule has 0 spiro atoms. The summed E-state index contributed by atoms with van der Waals surface area (Å²) in [4.78, 5) is 10.3. The van der Waals surface area contributed by atoms with Crippen LogP contribution in [0.4, 0.5) is 0 Å². The molecule has 0 heterocycles. The Bertz CT molecular complexity index is 241. The van der Waals surface area contributed by atoms with Gasteiger partial charge >= 0.3 is 5.97 Å². The van der Waals surface area contributed by atoms with Crippen LogP contribution in [0, 0.1) is 6.92 Å². The number of benzene rings is 1. The van der Waals surface area contributed by atoms with Gasteiger partial charge in [-0.05, 0) is 19.1 Å². The SMILES string of the molecule is Cc1ccc(C(=O)O)cc1.[K]. The molecule has 0 atom stereocenters. The van der Waals surface area contributed by atoms with Gasteiger partial charge in [0.05, 0.1) is 5.56 Å². The van der Waals surface area contributed by atoms with E-state index in [1.165, 1.54) is 0 Å². The summed E-state index contributed by atoms with van der Waals surface area (Å²) in [5.74, 6) is -0.875. The summed E-state index contributed by atoms with van der Waals surface area (Å²) in [5, 5.41) is 8.48. The van der Waals surface area contributed by atoms with Gasteiger partial charge in [0.1, 0.15) is 0 Å². The molecule has 0 aromatic heterocycles. The number of aromatic carboxylic acids is 1. The fourth-order valence-electron chi connectivity index (χ4n) is 0.696. The monoisotopic (exact) mass is 175 g/mol. The van der Waals surface area contributed by atoms with Crippen LogP contribution in [0.15, 0.2) is 24.3 Å². The second-order valence-electron chi connectivity index (χ2n) is 2.17. The number of hydrogen-bond acceptors (Lipinski definition) is 1. The van der Waals surface area contributed by atoms with Gasteiger partial charge in [-0.25, -0.2) is 4.79 Å². The first-order chi connectivity index (χ1) is 4.70. The Morgan fingerprint density at radius 3 is 2.09 bits per heavy atom. The van der Waals surface area contributed by atoms with Crippen LogP contribution in [-0.4, -0.2) is 62.5 Å². The molecule has 53 valence electrons. The van der Waals surface area contributed by atoms with Crippen molar-refractivity contribution < 1.29 is 9.90 Å². The number of hydrogen-bond donors (Lipinski definition) is 1. The van der Waals surface area contributed by atoms with E-state index in [9.17, 15) is 4.79 Å². The Labute approximate surface area is 108 Å². The van der Waals surface area contributed by atoms with Crippen molar-refractivity contribution in [3.05, 3.63) is 35.4 Å². The van der Waals surface area contributed by atoms with Crippen molar-refractivity contribution in [2.75, 3.05) is 0 Å². The summed E-state index contributed by atoms with van der Waals surface area (Å²) < 4.78 is 0. The summed E-state index contributed by atoms with van der Waals surface area (Å²) in [5.41, 5.74) is 1.41. The fraction of sp³-hybridized carbons (Fsp3) is 0.125. The minimum Gasteiger partial charge on any atom is -0.478 e. The summed E-state index contributed by atoms with van der Waals surface area (Å²) >= 11 is 0. The van der Waals surface area contributed by atoms with E-state index in [-0.39, 0.29) is 51.4 Å². The summed E-state index contributed by atoms with van der Waals surface area (Å²) in [6.07, 6.45) is 0. The van der Waals surface area contributed by atoms with Crippen molar-refractivity contribution in [1.82, 2.24) is 0 Å². The van der Waals surface area contributed by atoms with Gasteiger partial charge in [-0.3, -0.25) is 0 Å². The molecular formula is C8H8KO2. The van der Waals surface area contributed by atoms with E-state index in [4.69, 9.17) is 5.11 Å². The van der Waals surface area contributed by atoms with Gasteiger partial charge in [-0.1, -0.05) is 17.7 Å². The van der Waals surface area contributed by atoms with Crippen molar-refractivity contribution in [2.45, 2.75) is 6.92 Å². The number of rotatable bonds is 1. The van der Waals surface area contributed by atoms with Gasteiger partial charge in [-0.2, -0.15) is 0 Å². The van der Waals surface area contributed by atoms with E-state index in [1.54, 1.807) is 24.3 Å². The maximum Gasteiger partial charge on any atom is 0.335 e. The van der Waals surface area contributed by atoms with Gasteiger partial charge in [0.25, 0.3) is 0 Å². The third-order valence-corrected chi connectivity index (χ3v) is 1.30. The smallest absolute Gasteiger partial charge is 0.335 e. The second-order valence-corrected chi connectivity index (χ2v) is 2.17. The molecule has 1 radical (unpaired) electrons. The molecule has 0 saturated heterocycles. The molecule has 0 aliphatic rings. The maximum atomic E-state index is 10.3. The first-order valence-electron chi connectivity index (χ1n) is 3.00. The molecule has 0 bridgehead atoms. The van der Waals surface area contributed by atoms with Crippen LogP contribution < -0.4 is 0 Å². The largest absolute Gasteiger partial charge is 0.478 e. The molecule has 0 aliphatic carbocycles. The van der Waals surface area contributed by atoms with Gasteiger partial charge in [0, 0.05) is 51.4 Å². The topological polar surface area (TPSA) is 37.3 Å². The minimum absolute atomic E-state index is 0. The standard InChI is InChI=1S/C8H8O2.K/c1-6-2-4-7(5-3-6)8(9)10;/h2-5H,1H3,(H,9,10);. The molecule has 1 aromatic carbocycles. The Hall–Kier alpha value is 0.326. The maximum absolute atomic E-state index is 10.3. The van der Waals surface area contributed by atoms with Gasteiger partial charge < -0.3 is 5.11 Å². The minimum atomic E-state index is -0.875. The van der Waals surface area contributed by atoms with Crippen molar-refractivity contribution in [3.63, 3.8) is 0 Å². The average Bonchev–Trinajstić information content (AvgIpc) is 1.88. The van der Waals surface area contributed by atoms with E-state index in [0.29, 0.717) is 5.56 Å². The molecule has 11 heavy (non-hydrogen) atoms. The zero-order valence-electron chi connectivity index (χ0n) is 6.66. The molecular weight excluding hydrogens is 167 g/mol. The van der Waals surface area contributed by atoms with Gasteiger partial charge in [-0.15, -0.1) is 0 Å². The number of aryl methyl sites for hydroxylation is 1. The molecule has 1 aromatic rings. The zero-order valence-corrected chi connectivity index (χ0v) is 9.79. The predicted molar refractivity (Wildman–Crippen MR) is 43.9 cm³/mol. The van der Waals surface area contributed by atoms with E-state index in [1.807, 2.05) is 6.92 Å². The second kappa shape index (κ2) is 5.06. The zero-order chi connectivity index (χ0) is 7.56. The molecule has 0 unspecified atom stereocenters. The average molecular weight is 175 g/mol. The summed E-state index contributed by atoms with van der Waals surface area (Å²) in [6, 6.07) is 6.75. The van der Waals surface area contributed by atoms with Crippen molar-refractivity contribution in [1.29, 1.82) is 0 Å². The van der Waals surface area contributed by atoms with Crippen LogP contribution in [-0.2, 0) is 0 Å².